The van der Waals surface area contributed by atoms with Crippen LogP contribution in [0.25, 0.3) is 0 Å². The fourth-order valence-electron chi connectivity index (χ4n) is 3.18. The molecule has 1 N–H and O–H groups in total. The van der Waals surface area contributed by atoms with Gasteiger partial charge in [0.25, 0.3) is 0 Å². The number of carboxylic acids is 1. The van der Waals surface area contributed by atoms with E-state index >= 15 is 0 Å². The van der Waals surface area contributed by atoms with Gasteiger partial charge in [-0.25, -0.2) is 0 Å². The molecular formula is C15H27NO4. The van der Waals surface area contributed by atoms with Crippen molar-refractivity contribution >= 4 is 11.9 Å². The molecule has 1 rings (SSSR count). The van der Waals surface area contributed by atoms with Crippen LogP contribution in [0.2, 0.25) is 0 Å². The van der Waals surface area contributed by atoms with Crippen molar-refractivity contribution in [3.63, 3.8) is 0 Å². The van der Waals surface area contributed by atoms with Gasteiger partial charge in [0, 0.05) is 25.1 Å². The van der Waals surface area contributed by atoms with Gasteiger partial charge in [-0.2, -0.15) is 0 Å². The Morgan fingerprint density at radius 2 is 2.00 bits per heavy atom. The smallest absolute Gasteiger partial charge is 0.305 e. The van der Waals surface area contributed by atoms with Crippen LogP contribution in [0.4, 0.5) is 0 Å². The third-order valence-electron chi connectivity index (χ3n) is 3.88. The molecule has 0 aliphatic carbocycles. The number of ether oxygens (including phenoxy) is 1. The van der Waals surface area contributed by atoms with Crippen LogP contribution < -0.4 is 0 Å². The second kappa shape index (κ2) is 6.57. The maximum absolute atomic E-state index is 12.7. The highest BCUT2D eigenvalue weighted by Gasteiger charge is 2.42. The summed E-state index contributed by atoms with van der Waals surface area (Å²) in [6.45, 7) is 8.55. The van der Waals surface area contributed by atoms with Gasteiger partial charge in [0.05, 0.1) is 12.5 Å². The molecule has 5 heteroatoms. The summed E-state index contributed by atoms with van der Waals surface area (Å²) in [6, 6.07) is -0.253. The average molecular weight is 285 g/mol. The normalized spacial score (nSPS) is 23.4. The van der Waals surface area contributed by atoms with E-state index in [4.69, 9.17) is 9.84 Å². The minimum absolute atomic E-state index is 0.0106. The molecule has 2 atom stereocenters. The molecule has 1 fully saturated rings. The zero-order valence-electron chi connectivity index (χ0n) is 13.2. The summed E-state index contributed by atoms with van der Waals surface area (Å²) in [5.74, 6) is -0.407. The molecule has 0 aromatic carbocycles. The van der Waals surface area contributed by atoms with Gasteiger partial charge in [0.15, 0.2) is 0 Å². The van der Waals surface area contributed by atoms with E-state index in [9.17, 15) is 9.59 Å². The maximum Gasteiger partial charge on any atom is 0.305 e. The number of methoxy groups -OCH3 is 1. The van der Waals surface area contributed by atoms with Crippen LogP contribution in [0, 0.1) is 11.3 Å². The topological polar surface area (TPSA) is 66.8 Å². The number of likely N-dealkylation sites (tertiary alicyclic amines) is 1. The lowest BCUT2D eigenvalue weighted by atomic mass is 9.82. The van der Waals surface area contributed by atoms with Crippen LogP contribution in [-0.2, 0) is 14.3 Å². The van der Waals surface area contributed by atoms with Crippen LogP contribution in [-0.4, -0.2) is 47.7 Å². The molecule has 0 spiro atoms. The van der Waals surface area contributed by atoms with Gasteiger partial charge >= 0.3 is 5.97 Å². The predicted molar refractivity (Wildman–Crippen MR) is 76.4 cm³/mol. The number of hydrogen-bond donors (Lipinski definition) is 1. The molecule has 1 aliphatic heterocycles. The fourth-order valence-corrected chi connectivity index (χ4v) is 3.18. The number of carbonyl (C=O) groups excluding carboxylic acids is 1. The van der Waals surface area contributed by atoms with Crippen molar-refractivity contribution in [2.45, 2.75) is 59.1 Å². The molecule has 116 valence electrons. The van der Waals surface area contributed by atoms with Gasteiger partial charge in [-0.05, 0) is 18.8 Å². The van der Waals surface area contributed by atoms with E-state index in [0.29, 0.717) is 18.9 Å². The Bertz CT molecular complexity index is 365. The van der Waals surface area contributed by atoms with Gasteiger partial charge < -0.3 is 14.7 Å². The fraction of sp³-hybridized carbons (Fsp3) is 0.867. The summed E-state index contributed by atoms with van der Waals surface area (Å²) in [5.41, 5.74) is -0.465. The van der Waals surface area contributed by atoms with Gasteiger partial charge in [0.2, 0.25) is 5.91 Å². The van der Waals surface area contributed by atoms with Crippen molar-refractivity contribution in [2.75, 3.05) is 13.7 Å². The molecule has 20 heavy (non-hydrogen) atoms. The number of nitrogens with zero attached hydrogens (tertiary/aromatic N) is 1. The second-order valence-electron chi connectivity index (χ2n) is 6.78. The molecular weight excluding hydrogens is 258 g/mol. The summed E-state index contributed by atoms with van der Waals surface area (Å²) in [6.07, 6.45) is 1.33. The second-order valence-corrected chi connectivity index (χ2v) is 6.78. The Morgan fingerprint density at radius 1 is 1.40 bits per heavy atom. The lowest BCUT2D eigenvalue weighted by molar-refractivity contribution is -0.145. The van der Waals surface area contributed by atoms with E-state index in [2.05, 4.69) is 13.8 Å². The molecule has 5 nitrogen and oxygen atoms in total. The standard InChI is InChI=1S/C15H27NO4/c1-10(2)8-15(3,4)14(19)16-9-12(20-5)6-11(16)7-13(17)18/h10-12H,6-9H2,1-5H3,(H,17,18). The zero-order valence-corrected chi connectivity index (χ0v) is 13.2. The van der Waals surface area contributed by atoms with E-state index in [-0.39, 0.29) is 24.5 Å². The van der Waals surface area contributed by atoms with E-state index in [1.165, 1.54) is 0 Å². The van der Waals surface area contributed by atoms with Crippen molar-refractivity contribution < 1.29 is 19.4 Å². The zero-order chi connectivity index (χ0) is 15.5. The van der Waals surface area contributed by atoms with Crippen LogP contribution in [0.5, 0.6) is 0 Å². The number of aliphatic carboxylic acids is 1. The predicted octanol–water partition coefficient (Wildman–Crippen LogP) is 2.15. The highest BCUT2D eigenvalue weighted by atomic mass is 16.5. The van der Waals surface area contributed by atoms with E-state index in [0.717, 1.165) is 6.42 Å². The molecule has 0 saturated carbocycles. The van der Waals surface area contributed by atoms with Crippen molar-refractivity contribution in [2.24, 2.45) is 11.3 Å². The van der Waals surface area contributed by atoms with Crippen LogP contribution in [0.1, 0.15) is 47.0 Å². The monoisotopic (exact) mass is 285 g/mol. The Kier molecular flexibility index (Phi) is 5.57. The molecule has 1 saturated heterocycles. The van der Waals surface area contributed by atoms with E-state index in [1.807, 2.05) is 13.8 Å². The number of carboxylic acid groups (broad SMARTS) is 1. The van der Waals surface area contributed by atoms with Gasteiger partial charge in [0.1, 0.15) is 0 Å². The Balaban J connectivity index is 2.84. The first kappa shape index (κ1) is 17.0. The summed E-state index contributed by atoms with van der Waals surface area (Å²) in [5, 5.41) is 9.00. The number of rotatable bonds is 6. The summed E-state index contributed by atoms with van der Waals surface area (Å²) in [4.78, 5) is 25.4. The Hall–Kier alpha value is -1.10. The Morgan fingerprint density at radius 3 is 2.45 bits per heavy atom. The average Bonchev–Trinajstić information content (AvgIpc) is 2.68. The third-order valence-corrected chi connectivity index (χ3v) is 3.88. The van der Waals surface area contributed by atoms with Crippen LogP contribution in [0.3, 0.4) is 0 Å². The Labute approximate surface area is 121 Å². The van der Waals surface area contributed by atoms with Crippen molar-refractivity contribution in [3.05, 3.63) is 0 Å². The molecule has 1 amide bonds. The highest BCUT2D eigenvalue weighted by Crippen LogP contribution is 2.32. The molecule has 0 bridgehead atoms. The lowest BCUT2D eigenvalue weighted by Gasteiger charge is -2.33. The van der Waals surface area contributed by atoms with Crippen molar-refractivity contribution in [1.82, 2.24) is 4.90 Å². The van der Waals surface area contributed by atoms with Crippen molar-refractivity contribution in [1.29, 1.82) is 0 Å². The first-order valence-corrected chi connectivity index (χ1v) is 7.23. The molecule has 0 radical (unpaired) electrons. The molecule has 0 aromatic heterocycles. The quantitative estimate of drug-likeness (QED) is 0.812. The number of amides is 1. The summed E-state index contributed by atoms with van der Waals surface area (Å²) < 4.78 is 5.31. The van der Waals surface area contributed by atoms with E-state index < -0.39 is 11.4 Å². The largest absolute Gasteiger partial charge is 0.481 e. The number of hydrogen-bond acceptors (Lipinski definition) is 3. The van der Waals surface area contributed by atoms with Gasteiger partial charge in [-0.3, -0.25) is 9.59 Å². The molecule has 0 aromatic rings. The summed E-state index contributed by atoms with van der Waals surface area (Å²) >= 11 is 0. The molecule has 1 heterocycles. The van der Waals surface area contributed by atoms with Crippen LogP contribution in [0.15, 0.2) is 0 Å². The number of carbonyl (C=O) groups is 2. The first-order valence-electron chi connectivity index (χ1n) is 7.23. The molecule has 2 unspecified atom stereocenters. The van der Waals surface area contributed by atoms with Crippen molar-refractivity contribution in [3.8, 4) is 0 Å². The third kappa shape index (κ3) is 4.20. The van der Waals surface area contributed by atoms with E-state index in [1.54, 1.807) is 12.0 Å². The maximum atomic E-state index is 12.7. The lowest BCUT2D eigenvalue weighted by Crippen LogP contribution is -2.45. The molecule has 1 aliphatic rings. The summed E-state index contributed by atoms with van der Waals surface area (Å²) in [7, 11) is 1.61. The first-order chi connectivity index (χ1) is 9.17. The van der Waals surface area contributed by atoms with Gasteiger partial charge in [-0.1, -0.05) is 27.7 Å². The minimum Gasteiger partial charge on any atom is -0.481 e. The highest BCUT2D eigenvalue weighted by molar-refractivity contribution is 5.83. The minimum atomic E-state index is -0.869. The van der Waals surface area contributed by atoms with Gasteiger partial charge in [-0.15, -0.1) is 0 Å². The van der Waals surface area contributed by atoms with Crippen LogP contribution >= 0.6 is 0 Å². The SMILES string of the molecule is COC1CC(CC(=O)O)N(C(=O)C(C)(C)CC(C)C)C1.